The van der Waals surface area contributed by atoms with Crippen LogP contribution in [0.1, 0.15) is 0 Å². The van der Waals surface area contributed by atoms with E-state index in [9.17, 15) is 18.0 Å². The second kappa shape index (κ2) is 10.4. The maximum absolute atomic E-state index is 12.2. The van der Waals surface area contributed by atoms with Gasteiger partial charge in [0.15, 0.2) is 5.96 Å². The fourth-order valence-electron chi connectivity index (χ4n) is 2.49. The van der Waals surface area contributed by atoms with E-state index in [4.69, 9.17) is 10.5 Å². The third kappa shape index (κ3) is 6.57. The number of allylic oxidation sites excluding steroid dienone is 2. The lowest BCUT2D eigenvalue weighted by atomic mass is 9.99. The lowest BCUT2D eigenvalue weighted by Crippen LogP contribution is -2.42. The maximum Gasteiger partial charge on any atom is 0.239 e. The van der Waals surface area contributed by atoms with E-state index in [0.717, 1.165) is 0 Å². The molecule has 160 valence electrons. The average molecular weight is 433 g/mol. The Kier molecular flexibility index (Phi) is 7.90. The third-order valence-electron chi connectivity index (χ3n) is 3.84. The van der Waals surface area contributed by atoms with Crippen LogP contribution < -0.4 is 21.1 Å². The number of ether oxygens (including phenoxy) is 1. The minimum absolute atomic E-state index is 0.117. The Balaban J connectivity index is 2.10. The van der Waals surface area contributed by atoms with Crippen LogP contribution in [0.2, 0.25) is 0 Å². The molecule has 0 radical (unpaired) electrons. The molecule has 2 rings (SSSR count). The van der Waals surface area contributed by atoms with Crippen LogP contribution in [0.4, 0.5) is 5.69 Å². The highest BCUT2D eigenvalue weighted by atomic mass is 32.2. The number of anilines is 1. The van der Waals surface area contributed by atoms with E-state index in [1.165, 1.54) is 25.3 Å². The van der Waals surface area contributed by atoms with Crippen LogP contribution in [-0.2, 0) is 19.9 Å². The summed E-state index contributed by atoms with van der Waals surface area (Å²) in [6.07, 6.45) is 4.15. The standard InChI is InChI=1S/C19H23N5O5S/c1-21-19(20)23-18(26)15-9-8-14(10-16(15)30(27)28)29-13-6-4-12(5-7-13)22-17(25)11-24(2)3/h4-10,15H,11H2,1-3H3,(H,22,25)(H3,20,21,23,26). The van der Waals surface area contributed by atoms with Crippen molar-refractivity contribution in [2.24, 2.45) is 16.6 Å². The number of benzene rings is 1. The molecule has 1 aliphatic rings. The lowest BCUT2D eigenvalue weighted by Gasteiger charge is -2.17. The number of nitrogens with two attached hydrogens (primary N) is 1. The lowest BCUT2D eigenvalue weighted by molar-refractivity contribution is -0.120. The molecule has 0 aliphatic heterocycles. The average Bonchev–Trinajstić information content (AvgIpc) is 2.68. The molecule has 1 aromatic carbocycles. The summed E-state index contributed by atoms with van der Waals surface area (Å²) in [7, 11) is 2.34. The smallest absolute Gasteiger partial charge is 0.239 e. The van der Waals surface area contributed by atoms with E-state index in [1.807, 2.05) is 0 Å². The van der Waals surface area contributed by atoms with E-state index >= 15 is 0 Å². The number of carbonyl (C=O) groups excluding carboxylic acids is 2. The van der Waals surface area contributed by atoms with Gasteiger partial charge in [0.25, 0.3) is 0 Å². The molecule has 11 heteroatoms. The summed E-state index contributed by atoms with van der Waals surface area (Å²) >= 11 is 0. The quantitative estimate of drug-likeness (QED) is 0.319. The monoisotopic (exact) mass is 433 g/mol. The molecule has 2 amide bonds. The maximum atomic E-state index is 12.2. The fraction of sp³-hybridized carbons (Fsp3) is 0.263. The van der Waals surface area contributed by atoms with Crippen LogP contribution in [-0.4, -0.2) is 63.6 Å². The number of amides is 2. The fourth-order valence-corrected chi connectivity index (χ4v) is 3.09. The van der Waals surface area contributed by atoms with Crippen molar-refractivity contribution in [3.8, 4) is 5.75 Å². The second-order valence-corrected chi connectivity index (χ2v) is 7.47. The summed E-state index contributed by atoms with van der Waals surface area (Å²) in [5.74, 6) is -1.28. The topological polar surface area (TPSA) is 143 Å². The molecule has 0 spiro atoms. The van der Waals surface area contributed by atoms with Crippen molar-refractivity contribution in [3.05, 3.63) is 48.3 Å². The predicted molar refractivity (Wildman–Crippen MR) is 115 cm³/mol. The van der Waals surface area contributed by atoms with Gasteiger partial charge in [-0.3, -0.25) is 19.9 Å². The number of nitrogens with one attached hydrogen (secondary N) is 2. The molecule has 0 saturated heterocycles. The molecule has 1 aromatic rings. The van der Waals surface area contributed by atoms with Gasteiger partial charge in [0, 0.05) is 18.8 Å². The zero-order chi connectivity index (χ0) is 22.3. The first kappa shape index (κ1) is 22.8. The Hall–Kier alpha value is -3.44. The third-order valence-corrected chi connectivity index (χ3v) is 4.60. The number of hydrogen-bond donors (Lipinski definition) is 3. The SMILES string of the molecule is CN=C(N)NC(=O)C1C=CC(Oc2ccc(NC(=O)CN(C)C)cc2)=CC1=S(=O)=O. The van der Waals surface area contributed by atoms with E-state index < -0.39 is 22.1 Å². The van der Waals surface area contributed by atoms with Gasteiger partial charge in [-0.2, -0.15) is 8.42 Å². The van der Waals surface area contributed by atoms with Gasteiger partial charge in [0.05, 0.1) is 17.3 Å². The number of carbonyl (C=O) groups is 2. The molecular weight excluding hydrogens is 410 g/mol. The minimum atomic E-state index is -2.65. The van der Waals surface area contributed by atoms with Crippen LogP contribution in [0.3, 0.4) is 0 Å². The molecule has 10 nitrogen and oxygen atoms in total. The molecule has 0 aromatic heterocycles. The molecular formula is C19H23N5O5S. The normalized spacial score (nSPS) is 16.1. The summed E-state index contributed by atoms with van der Waals surface area (Å²) in [5, 5.41) is 5.07. The highest BCUT2D eigenvalue weighted by Gasteiger charge is 2.26. The Morgan fingerprint density at radius 3 is 2.47 bits per heavy atom. The van der Waals surface area contributed by atoms with Crippen molar-refractivity contribution in [1.29, 1.82) is 0 Å². The summed E-state index contributed by atoms with van der Waals surface area (Å²) in [6.45, 7) is 0.255. The van der Waals surface area contributed by atoms with Crippen molar-refractivity contribution < 1.29 is 22.7 Å². The summed E-state index contributed by atoms with van der Waals surface area (Å²) in [5.41, 5.74) is 6.06. The summed E-state index contributed by atoms with van der Waals surface area (Å²) in [6, 6.07) is 6.58. The Morgan fingerprint density at radius 2 is 1.90 bits per heavy atom. The number of aliphatic imine (C=N–C) groups is 1. The first-order valence-electron chi connectivity index (χ1n) is 8.81. The van der Waals surface area contributed by atoms with Gasteiger partial charge in [0.1, 0.15) is 11.5 Å². The highest BCUT2D eigenvalue weighted by Crippen LogP contribution is 2.21. The Labute approximate surface area is 175 Å². The number of rotatable bonds is 6. The number of guanidine groups is 1. The first-order valence-corrected chi connectivity index (χ1v) is 9.88. The van der Waals surface area contributed by atoms with Crippen molar-refractivity contribution in [1.82, 2.24) is 10.2 Å². The largest absolute Gasteiger partial charge is 0.457 e. The Morgan fingerprint density at radius 1 is 1.23 bits per heavy atom. The zero-order valence-corrected chi connectivity index (χ0v) is 17.6. The van der Waals surface area contributed by atoms with Gasteiger partial charge < -0.3 is 20.7 Å². The number of nitrogens with zero attached hydrogens (tertiary/aromatic N) is 2. The minimum Gasteiger partial charge on any atom is -0.457 e. The number of likely N-dealkylation sites (N-methyl/N-ethyl adjacent to an activating group) is 1. The van der Waals surface area contributed by atoms with E-state index in [2.05, 4.69) is 15.6 Å². The van der Waals surface area contributed by atoms with Crippen LogP contribution >= 0.6 is 0 Å². The molecule has 0 bridgehead atoms. The molecule has 1 atom stereocenters. The van der Waals surface area contributed by atoms with Gasteiger partial charge in [-0.15, -0.1) is 0 Å². The molecule has 0 saturated carbocycles. The molecule has 4 N–H and O–H groups in total. The van der Waals surface area contributed by atoms with Crippen LogP contribution in [0.15, 0.2) is 53.2 Å². The Bertz CT molecular complexity index is 1030. The van der Waals surface area contributed by atoms with Gasteiger partial charge in [-0.25, -0.2) is 0 Å². The first-order chi connectivity index (χ1) is 14.2. The summed E-state index contributed by atoms with van der Waals surface area (Å²) in [4.78, 5) is 29.2. The molecule has 30 heavy (non-hydrogen) atoms. The van der Waals surface area contributed by atoms with E-state index in [1.54, 1.807) is 43.3 Å². The van der Waals surface area contributed by atoms with E-state index in [-0.39, 0.29) is 29.0 Å². The van der Waals surface area contributed by atoms with Crippen molar-refractivity contribution in [2.45, 2.75) is 0 Å². The summed E-state index contributed by atoms with van der Waals surface area (Å²) < 4.78 is 28.8. The van der Waals surface area contributed by atoms with Crippen LogP contribution in [0.5, 0.6) is 5.75 Å². The van der Waals surface area contributed by atoms with Gasteiger partial charge >= 0.3 is 0 Å². The van der Waals surface area contributed by atoms with Gasteiger partial charge in [-0.05, 0) is 44.4 Å². The second-order valence-electron chi connectivity index (χ2n) is 6.53. The van der Waals surface area contributed by atoms with E-state index in [0.29, 0.717) is 11.4 Å². The van der Waals surface area contributed by atoms with Crippen molar-refractivity contribution >= 4 is 38.6 Å². The molecule has 1 unspecified atom stereocenters. The van der Waals surface area contributed by atoms with Crippen molar-refractivity contribution in [2.75, 3.05) is 33.0 Å². The van der Waals surface area contributed by atoms with Crippen molar-refractivity contribution in [3.63, 3.8) is 0 Å². The van der Waals surface area contributed by atoms with Crippen LogP contribution in [0, 0.1) is 5.92 Å². The van der Waals surface area contributed by atoms with Gasteiger partial charge in [-0.1, -0.05) is 6.08 Å². The zero-order valence-electron chi connectivity index (χ0n) is 16.7. The highest BCUT2D eigenvalue weighted by molar-refractivity contribution is 7.73. The molecule has 1 aliphatic carbocycles. The molecule has 0 fully saturated rings. The molecule has 0 heterocycles. The van der Waals surface area contributed by atoms with Crippen LogP contribution in [0.25, 0.3) is 0 Å². The number of hydrogen-bond acceptors (Lipinski definition) is 7. The van der Waals surface area contributed by atoms with Gasteiger partial charge in [0.2, 0.25) is 22.1 Å². The predicted octanol–water partition coefficient (Wildman–Crippen LogP) is -0.252.